The van der Waals surface area contributed by atoms with Crippen LogP contribution in [0.2, 0.25) is 0 Å². The maximum Gasteiger partial charge on any atom is 0.160 e. The van der Waals surface area contributed by atoms with Crippen LogP contribution in [0.3, 0.4) is 0 Å². The van der Waals surface area contributed by atoms with Gasteiger partial charge >= 0.3 is 0 Å². The van der Waals surface area contributed by atoms with E-state index in [1.807, 2.05) is 18.3 Å². The molecule has 1 saturated heterocycles. The highest BCUT2D eigenvalue weighted by molar-refractivity contribution is 5.71. The van der Waals surface area contributed by atoms with Crippen LogP contribution in [0.5, 0.6) is 0 Å². The largest absolute Gasteiger partial charge is 0.381 e. The summed E-state index contributed by atoms with van der Waals surface area (Å²) in [4.78, 5) is 9.40. The van der Waals surface area contributed by atoms with Crippen LogP contribution < -0.4 is 0 Å². The van der Waals surface area contributed by atoms with Crippen molar-refractivity contribution in [3.63, 3.8) is 0 Å². The fourth-order valence-corrected chi connectivity index (χ4v) is 3.14. The molecule has 0 saturated carbocycles. The van der Waals surface area contributed by atoms with E-state index in [0.29, 0.717) is 5.92 Å². The van der Waals surface area contributed by atoms with Crippen molar-refractivity contribution in [2.24, 2.45) is 0 Å². The summed E-state index contributed by atoms with van der Waals surface area (Å²) in [6.45, 7) is 4.55. The Hall–Kier alpha value is -2.20. The number of ether oxygens (including phenoxy) is 1. The fraction of sp³-hybridized carbons (Fsp3) is 0.333. The van der Waals surface area contributed by atoms with Gasteiger partial charge in [0.05, 0.1) is 13.2 Å². The molecular weight excluding hydrogens is 274 g/mol. The van der Waals surface area contributed by atoms with Gasteiger partial charge in [0.15, 0.2) is 5.65 Å². The van der Waals surface area contributed by atoms with E-state index in [-0.39, 0.29) is 0 Å². The molecule has 112 valence electrons. The molecular formula is C18H19N3O. The van der Waals surface area contributed by atoms with Crippen molar-refractivity contribution in [1.82, 2.24) is 14.5 Å². The SMILES string of the molecule is Cc1ccccc1Cn1c(C2CCOC2)nc2cccnc21. The zero-order valence-electron chi connectivity index (χ0n) is 12.7. The number of rotatable bonds is 3. The van der Waals surface area contributed by atoms with Gasteiger partial charge in [0.1, 0.15) is 11.3 Å². The van der Waals surface area contributed by atoms with Crippen LogP contribution in [-0.2, 0) is 11.3 Å². The first-order valence-electron chi connectivity index (χ1n) is 7.76. The standard InChI is InChI=1S/C18H19N3O/c1-13-5-2-3-6-14(13)11-21-17(15-8-10-22-12-15)20-16-7-4-9-19-18(16)21/h2-7,9,15H,8,10-12H2,1H3. The van der Waals surface area contributed by atoms with E-state index in [4.69, 9.17) is 9.72 Å². The van der Waals surface area contributed by atoms with Crippen LogP contribution >= 0.6 is 0 Å². The van der Waals surface area contributed by atoms with Gasteiger partial charge in [-0.25, -0.2) is 9.97 Å². The highest BCUT2D eigenvalue weighted by Crippen LogP contribution is 2.28. The number of nitrogens with zero attached hydrogens (tertiary/aromatic N) is 3. The van der Waals surface area contributed by atoms with Gasteiger partial charge in [-0.05, 0) is 36.6 Å². The van der Waals surface area contributed by atoms with E-state index in [2.05, 4.69) is 40.7 Å². The molecule has 2 aromatic heterocycles. The highest BCUT2D eigenvalue weighted by atomic mass is 16.5. The lowest BCUT2D eigenvalue weighted by Gasteiger charge is -2.13. The maximum atomic E-state index is 5.56. The Kier molecular flexibility index (Phi) is 3.39. The lowest BCUT2D eigenvalue weighted by Crippen LogP contribution is -2.11. The summed E-state index contributed by atoms with van der Waals surface area (Å²) in [5.41, 5.74) is 4.55. The van der Waals surface area contributed by atoms with Crippen molar-refractivity contribution in [1.29, 1.82) is 0 Å². The maximum absolute atomic E-state index is 5.56. The minimum absolute atomic E-state index is 0.373. The molecule has 0 spiro atoms. The van der Waals surface area contributed by atoms with Crippen LogP contribution in [0.15, 0.2) is 42.6 Å². The number of aromatic nitrogens is 3. The molecule has 0 amide bonds. The molecule has 1 aliphatic heterocycles. The van der Waals surface area contributed by atoms with E-state index in [1.165, 1.54) is 11.1 Å². The molecule has 1 aromatic carbocycles. The molecule has 3 heterocycles. The molecule has 1 atom stereocenters. The van der Waals surface area contributed by atoms with E-state index >= 15 is 0 Å². The number of hydrogen-bond donors (Lipinski definition) is 0. The van der Waals surface area contributed by atoms with E-state index in [0.717, 1.165) is 43.2 Å². The summed E-state index contributed by atoms with van der Waals surface area (Å²) < 4.78 is 7.82. The Morgan fingerprint density at radius 3 is 2.95 bits per heavy atom. The lowest BCUT2D eigenvalue weighted by atomic mass is 10.1. The second-order valence-electron chi connectivity index (χ2n) is 5.89. The van der Waals surface area contributed by atoms with Crippen LogP contribution in [0.4, 0.5) is 0 Å². The lowest BCUT2D eigenvalue weighted by molar-refractivity contribution is 0.193. The summed E-state index contributed by atoms with van der Waals surface area (Å²) in [5.74, 6) is 1.48. The van der Waals surface area contributed by atoms with Crippen LogP contribution in [0.1, 0.15) is 29.3 Å². The van der Waals surface area contributed by atoms with Gasteiger partial charge in [-0.2, -0.15) is 0 Å². The number of fused-ring (bicyclic) bond motifs is 1. The number of benzene rings is 1. The average molecular weight is 293 g/mol. The summed E-state index contributed by atoms with van der Waals surface area (Å²) in [6.07, 6.45) is 2.88. The summed E-state index contributed by atoms with van der Waals surface area (Å²) in [5, 5.41) is 0. The van der Waals surface area contributed by atoms with Gasteiger partial charge in [-0.1, -0.05) is 24.3 Å². The van der Waals surface area contributed by atoms with Crippen LogP contribution in [0, 0.1) is 6.92 Å². The Bertz CT molecular complexity index is 803. The predicted molar refractivity (Wildman–Crippen MR) is 86.0 cm³/mol. The highest BCUT2D eigenvalue weighted by Gasteiger charge is 2.25. The smallest absolute Gasteiger partial charge is 0.160 e. The molecule has 1 fully saturated rings. The van der Waals surface area contributed by atoms with Crippen molar-refractivity contribution >= 4 is 11.2 Å². The molecule has 4 heteroatoms. The van der Waals surface area contributed by atoms with Crippen LogP contribution in [0.25, 0.3) is 11.2 Å². The summed E-state index contributed by atoms with van der Waals surface area (Å²) in [6, 6.07) is 12.5. The Morgan fingerprint density at radius 1 is 1.23 bits per heavy atom. The number of imidazole rings is 1. The molecule has 1 aliphatic rings. The fourth-order valence-electron chi connectivity index (χ4n) is 3.14. The Labute approximate surface area is 129 Å². The number of hydrogen-bond acceptors (Lipinski definition) is 3. The van der Waals surface area contributed by atoms with Crippen molar-refractivity contribution < 1.29 is 4.74 Å². The Balaban J connectivity index is 1.83. The third-order valence-electron chi connectivity index (χ3n) is 4.42. The van der Waals surface area contributed by atoms with E-state index < -0.39 is 0 Å². The van der Waals surface area contributed by atoms with Gasteiger partial charge in [-0.3, -0.25) is 0 Å². The minimum atomic E-state index is 0.373. The minimum Gasteiger partial charge on any atom is -0.381 e. The topological polar surface area (TPSA) is 39.9 Å². The zero-order chi connectivity index (χ0) is 14.9. The molecule has 4 nitrogen and oxygen atoms in total. The molecule has 4 rings (SSSR count). The van der Waals surface area contributed by atoms with Crippen molar-refractivity contribution in [3.8, 4) is 0 Å². The first kappa shape index (κ1) is 13.5. The normalized spacial score (nSPS) is 18.1. The van der Waals surface area contributed by atoms with Crippen molar-refractivity contribution in [2.75, 3.05) is 13.2 Å². The molecule has 0 radical (unpaired) electrons. The number of pyridine rings is 1. The Morgan fingerprint density at radius 2 is 2.14 bits per heavy atom. The second kappa shape index (κ2) is 5.54. The third kappa shape index (κ3) is 2.29. The van der Waals surface area contributed by atoms with Gasteiger partial charge in [-0.15, -0.1) is 0 Å². The second-order valence-corrected chi connectivity index (χ2v) is 5.89. The van der Waals surface area contributed by atoms with E-state index in [9.17, 15) is 0 Å². The van der Waals surface area contributed by atoms with E-state index in [1.54, 1.807) is 0 Å². The molecule has 3 aromatic rings. The third-order valence-corrected chi connectivity index (χ3v) is 4.42. The number of aryl methyl sites for hydroxylation is 1. The molecule has 1 unspecified atom stereocenters. The summed E-state index contributed by atoms with van der Waals surface area (Å²) >= 11 is 0. The zero-order valence-corrected chi connectivity index (χ0v) is 12.7. The summed E-state index contributed by atoms with van der Waals surface area (Å²) in [7, 11) is 0. The van der Waals surface area contributed by atoms with Crippen molar-refractivity contribution in [3.05, 3.63) is 59.5 Å². The first-order valence-corrected chi connectivity index (χ1v) is 7.76. The molecule has 0 N–H and O–H groups in total. The van der Waals surface area contributed by atoms with Gasteiger partial charge in [0, 0.05) is 18.7 Å². The van der Waals surface area contributed by atoms with Gasteiger partial charge in [0.2, 0.25) is 0 Å². The monoisotopic (exact) mass is 293 g/mol. The van der Waals surface area contributed by atoms with Gasteiger partial charge < -0.3 is 9.30 Å². The molecule has 0 aliphatic carbocycles. The van der Waals surface area contributed by atoms with Crippen molar-refractivity contribution in [2.45, 2.75) is 25.8 Å². The molecule has 22 heavy (non-hydrogen) atoms. The van der Waals surface area contributed by atoms with Gasteiger partial charge in [0.25, 0.3) is 0 Å². The predicted octanol–water partition coefficient (Wildman–Crippen LogP) is 3.29. The first-order chi connectivity index (χ1) is 10.8. The average Bonchev–Trinajstić information content (AvgIpc) is 3.17. The molecule has 0 bridgehead atoms. The van der Waals surface area contributed by atoms with Crippen LogP contribution in [-0.4, -0.2) is 27.7 Å². The quantitative estimate of drug-likeness (QED) is 0.744.